The summed E-state index contributed by atoms with van der Waals surface area (Å²) in [5, 5.41) is 2.78. The number of ether oxygens (including phenoxy) is 3. The first-order valence-electron chi connectivity index (χ1n) is 12.2. The molecule has 0 aromatic heterocycles. The molecule has 0 atom stereocenters. The third-order valence-corrected chi connectivity index (χ3v) is 7.71. The van der Waals surface area contributed by atoms with Gasteiger partial charge in [-0.25, -0.2) is 8.42 Å². The summed E-state index contributed by atoms with van der Waals surface area (Å²) in [5.41, 5.74) is 2.29. The van der Waals surface area contributed by atoms with Crippen LogP contribution in [0.4, 0.5) is 5.69 Å². The first kappa shape index (κ1) is 27.7. The molecule has 0 aliphatic carbocycles. The fourth-order valence-corrected chi connectivity index (χ4v) is 5.43. The molecule has 4 rings (SSSR count). The lowest BCUT2D eigenvalue weighted by Crippen LogP contribution is -2.37. The molecule has 0 unspecified atom stereocenters. The Kier molecular flexibility index (Phi) is 9.19. The van der Waals surface area contributed by atoms with Gasteiger partial charge in [0.25, 0.3) is 0 Å². The number of methoxy groups -OCH3 is 2. The molecule has 0 spiro atoms. The zero-order valence-electron chi connectivity index (χ0n) is 21.7. The molecule has 0 saturated carbocycles. The summed E-state index contributed by atoms with van der Waals surface area (Å²) in [4.78, 5) is 13.0. The number of nitrogens with zero attached hydrogens (tertiary/aromatic N) is 1. The van der Waals surface area contributed by atoms with Gasteiger partial charge in [-0.3, -0.25) is 4.79 Å². The minimum Gasteiger partial charge on any atom is -0.497 e. The minimum absolute atomic E-state index is 0.0107. The van der Waals surface area contributed by atoms with Crippen molar-refractivity contribution in [2.45, 2.75) is 18.0 Å². The zero-order valence-corrected chi connectivity index (χ0v) is 22.6. The number of sulfonamides is 1. The fraction of sp³-hybridized carbons (Fsp3) is 0.167. The van der Waals surface area contributed by atoms with Gasteiger partial charge in [0.05, 0.1) is 20.8 Å². The second-order valence-corrected chi connectivity index (χ2v) is 10.5. The molecule has 0 heterocycles. The highest BCUT2D eigenvalue weighted by Gasteiger charge is 2.30. The predicted octanol–water partition coefficient (Wildman–Crippen LogP) is 5.11. The Morgan fingerprint density at radius 1 is 0.769 bits per heavy atom. The van der Waals surface area contributed by atoms with E-state index in [2.05, 4.69) is 5.32 Å². The Labute approximate surface area is 228 Å². The van der Waals surface area contributed by atoms with E-state index in [9.17, 15) is 13.2 Å². The maximum Gasteiger partial charge on any atom is 0.247 e. The molecular weight excluding hydrogens is 516 g/mol. The van der Waals surface area contributed by atoms with Crippen molar-refractivity contribution in [2.75, 3.05) is 26.1 Å². The summed E-state index contributed by atoms with van der Waals surface area (Å²) in [6, 6.07) is 30.3. The van der Waals surface area contributed by atoms with Crippen molar-refractivity contribution < 1.29 is 27.4 Å². The first-order valence-corrected chi connectivity index (χ1v) is 13.7. The number of hydrogen-bond donors (Lipinski definition) is 1. The SMILES string of the molecule is COc1ccc(OC)c(S(=O)(=O)N(CC(=O)Nc2ccc(OCc3ccccc3)cc2)Cc2ccccc2)c1. The summed E-state index contributed by atoms with van der Waals surface area (Å²) in [6.07, 6.45) is 0. The van der Waals surface area contributed by atoms with Crippen molar-refractivity contribution in [3.8, 4) is 17.2 Å². The highest BCUT2D eigenvalue weighted by atomic mass is 32.2. The fourth-order valence-electron chi connectivity index (χ4n) is 3.87. The molecule has 8 nitrogen and oxygen atoms in total. The van der Waals surface area contributed by atoms with Gasteiger partial charge >= 0.3 is 0 Å². The largest absolute Gasteiger partial charge is 0.497 e. The Hall–Kier alpha value is -4.34. The van der Waals surface area contributed by atoms with E-state index in [1.54, 1.807) is 42.5 Å². The molecule has 9 heteroatoms. The van der Waals surface area contributed by atoms with E-state index in [-0.39, 0.29) is 17.2 Å². The summed E-state index contributed by atoms with van der Waals surface area (Å²) in [5.74, 6) is 0.665. The average molecular weight is 547 g/mol. The maximum atomic E-state index is 13.8. The van der Waals surface area contributed by atoms with Crippen LogP contribution >= 0.6 is 0 Å². The minimum atomic E-state index is -4.15. The van der Waals surface area contributed by atoms with Gasteiger partial charge in [0.15, 0.2) is 0 Å². The molecule has 0 fully saturated rings. The molecule has 4 aromatic carbocycles. The van der Waals surface area contributed by atoms with E-state index in [0.29, 0.717) is 23.8 Å². The lowest BCUT2D eigenvalue weighted by Gasteiger charge is -2.23. The second kappa shape index (κ2) is 12.9. The van der Waals surface area contributed by atoms with Crippen molar-refractivity contribution in [1.29, 1.82) is 0 Å². The van der Waals surface area contributed by atoms with Crippen LogP contribution in [0.2, 0.25) is 0 Å². The quantitative estimate of drug-likeness (QED) is 0.265. The first-order chi connectivity index (χ1) is 18.9. The van der Waals surface area contributed by atoms with Crippen LogP contribution in [0.25, 0.3) is 0 Å². The van der Waals surface area contributed by atoms with Gasteiger partial charge < -0.3 is 19.5 Å². The number of hydrogen-bond acceptors (Lipinski definition) is 6. The third-order valence-electron chi connectivity index (χ3n) is 5.90. The number of nitrogens with one attached hydrogen (secondary N) is 1. The average Bonchev–Trinajstić information content (AvgIpc) is 2.97. The standard InChI is InChI=1S/C30H30N2O6S/c1-36-27-17-18-28(37-2)29(19-27)39(34,35)32(20-23-9-5-3-6-10-23)21-30(33)31-25-13-15-26(16-14-25)38-22-24-11-7-4-8-12-24/h3-19H,20-22H2,1-2H3,(H,31,33). The third kappa shape index (κ3) is 7.37. The lowest BCUT2D eigenvalue weighted by molar-refractivity contribution is -0.116. The summed E-state index contributed by atoms with van der Waals surface area (Å²) < 4.78 is 45.1. The molecule has 0 saturated heterocycles. The van der Waals surface area contributed by atoms with E-state index >= 15 is 0 Å². The van der Waals surface area contributed by atoms with E-state index in [4.69, 9.17) is 14.2 Å². The van der Waals surface area contributed by atoms with Gasteiger partial charge in [-0.15, -0.1) is 0 Å². The molecule has 0 radical (unpaired) electrons. The van der Waals surface area contributed by atoms with Crippen LogP contribution in [0.5, 0.6) is 17.2 Å². The molecule has 0 aliphatic heterocycles. The number of benzene rings is 4. The lowest BCUT2D eigenvalue weighted by atomic mass is 10.2. The highest BCUT2D eigenvalue weighted by molar-refractivity contribution is 7.89. The van der Waals surface area contributed by atoms with E-state index < -0.39 is 22.5 Å². The van der Waals surface area contributed by atoms with Gasteiger partial charge in [-0.1, -0.05) is 60.7 Å². The van der Waals surface area contributed by atoms with Crippen molar-refractivity contribution in [2.24, 2.45) is 0 Å². The Balaban J connectivity index is 1.50. The highest BCUT2D eigenvalue weighted by Crippen LogP contribution is 2.31. The number of carbonyl (C=O) groups is 1. The summed E-state index contributed by atoms with van der Waals surface area (Å²) >= 11 is 0. The molecule has 202 valence electrons. The van der Waals surface area contributed by atoms with Crippen LogP contribution in [-0.4, -0.2) is 39.4 Å². The topological polar surface area (TPSA) is 94.2 Å². The zero-order chi connectivity index (χ0) is 27.7. The number of amides is 1. The Morgan fingerprint density at radius 2 is 1.38 bits per heavy atom. The number of anilines is 1. The van der Waals surface area contributed by atoms with E-state index in [1.807, 2.05) is 48.5 Å². The Morgan fingerprint density at radius 3 is 2.00 bits per heavy atom. The summed E-state index contributed by atoms with van der Waals surface area (Å²) in [6.45, 7) is -0.000341. The molecule has 39 heavy (non-hydrogen) atoms. The monoisotopic (exact) mass is 546 g/mol. The smallest absolute Gasteiger partial charge is 0.247 e. The van der Waals surface area contributed by atoms with Gasteiger partial charge in [0.1, 0.15) is 28.8 Å². The maximum absolute atomic E-state index is 13.8. The van der Waals surface area contributed by atoms with Crippen LogP contribution in [0.3, 0.4) is 0 Å². The van der Waals surface area contributed by atoms with Crippen LogP contribution in [-0.2, 0) is 28.0 Å². The van der Waals surface area contributed by atoms with Gasteiger partial charge in [0.2, 0.25) is 15.9 Å². The van der Waals surface area contributed by atoms with Gasteiger partial charge in [0, 0.05) is 18.3 Å². The number of carbonyl (C=O) groups excluding carboxylic acids is 1. The van der Waals surface area contributed by atoms with Crippen LogP contribution in [0, 0.1) is 0 Å². The molecule has 1 amide bonds. The van der Waals surface area contributed by atoms with E-state index in [1.165, 1.54) is 26.4 Å². The van der Waals surface area contributed by atoms with E-state index in [0.717, 1.165) is 15.4 Å². The molecule has 1 N–H and O–H groups in total. The van der Waals surface area contributed by atoms with Crippen LogP contribution < -0.4 is 19.5 Å². The van der Waals surface area contributed by atoms with Gasteiger partial charge in [-0.2, -0.15) is 4.31 Å². The van der Waals surface area contributed by atoms with Crippen LogP contribution in [0.1, 0.15) is 11.1 Å². The van der Waals surface area contributed by atoms with Crippen molar-refractivity contribution in [1.82, 2.24) is 4.31 Å². The normalized spacial score (nSPS) is 11.2. The molecule has 4 aromatic rings. The number of rotatable bonds is 12. The second-order valence-electron chi connectivity index (χ2n) is 8.62. The molecular formula is C30H30N2O6S. The molecule has 0 aliphatic rings. The van der Waals surface area contributed by atoms with Gasteiger partial charge in [-0.05, 0) is 47.5 Å². The van der Waals surface area contributed by atoms with Crippen LogP contribution in [0.15, 0.2) is 108 Å². The molecule has 0 bridgehead atoms. The summed E-state index contributed by atoms with van der Waals surface area (Å²) in [7, 11) is -1.31. The predicted molar refractivity (Wildman–Crippen MR) is 149 cm³/mol. The van der Waals surface area contributed by atoms with Crippen molar-refractivity contribution in [3.63, 3.8) is 0 Å². The van der Waals surface area contributed by atoms with Crippen molar-refractivity contribution in [3.05, 3.63) is 114 Å². The van der Waals surface area contributed by atoms with Crippen molar-refractivity contribution >= 4 is 21.6 Å². The Bertz CT molecular complexity index is 1480.